The van der Waals surface area contributed by atoms with Gasteiger partial charge in [-0.15, -0.1) is 0 Å². The van der Waals surface area contributed by atoms with Gasteiger partial charge in [-0.25, -0.2) is 0 Å². The number of aryl methyl sites for hydroxylation is 2. The van der Waals surface area contributed by atoms with Crippen molar-refractivity contribution in [3.05, 3.63) is 58.7 Å². The second kappa shape index (κ2) is 8.39. The summed E-state index contributed by atoms with van der Waals surface area (Å²) in [4.78, 5) is 12.0. The summed E-state index contributed by atoms with van der Waals surface area (Å²) in [5.74, 6) is 7.46. The molecule has 3 heteroatoms. The summed E-state index contributed by atoms with van der Waals surface area (Å²) in [6.07, 6.45) is 0.766. The zero-order chi connectivity index (χ0) is 18.4. The van der Waals surface area contributed by atoms with Crippen LogP contribution in [0.1, 0.15) is 42.5 Å². The molecule has 0 bridgehead atoms. The van der Waals surface area contributed by atoms with E-state index in [1.165, 1.54) is 0 Å². The number of hydrogen-bond donors (Lipinski definition) is 0. The van der Waals surface area contributed by atoms with E-state index < -0.39 is 0 Å². The number of hydrogen-bond acceptors (Lipinski definition) is 3. The zero-order valence-electron chi connectivity index (χ0n) is 15.5. The van der Waals surface area contributed by atoms with Crippen LogP contribution in [0.3, 0.4) is 0 Å². The van der Waals surface area contributed by atoms with Crippen LogP contribution >= 0.6 is 0 Å². The molecule has 0 aromatic heterocycles. The van der Waals surface area contributed by atoms with Crippen LogP contribution in [0.2, 0.25) is 0 Å². The molecule has 2 aromatic rings. The molecule has 0 spiro atoms. The topological polar surface area (TPSA) is 35.5 Å². The van der Waals surface area contributed by atoms with Crippen LogP contribution in [-0.2, 0) is 4.79 Å². The van der Waals surface area contributed by atoms with Crippen LogP contribution in [0.4, 0.5) is 0 Å². The molecule has 0 amide bonds. The van der Waals surface area contributed by atoms with E-state index in [4.69, 9.17) is 9.47 Å². The molecule has 1 atom stereocenters. The Morgan fingerprint density at radius 3 is 2.12 bits per heavy atom. The molecular weight excluding hydrogens is 312 g/mol. The van der Waals surface area contributed by atoms with Gasteiger partial charge in [0, 0.05) is 11.1 Å². The molecule has 2 rings (SSSR count). The number of carbonyl (C=O) groups is 1. The Balaban J connectivity index is 2.22. The van der Waals surface area contributed by atoms with Crippen LogP contribution in [0.15, 0.2) is 36.4 Å². The number of benzene rings is 2. The minimum Gasteiger partial charge on any atom is -0.497 e. The summed E-state index contributed by atoms with van der Waals surface area (Å²) in [7, 11) is 1.64. The Hall–Kier alpha value is -2.73. The maximum absolute atomic E-state index is 12.0. The fourth-order valence-corrected chi connectivity index (χ4v) is 2.37. The van der Waals surface area contributed by atoms with E-state index >= 15 is 0 Å². The van der Waals surface area contributed by atoms with E-state index in [2.05, 4.69) is 11.8 Å². The van der Waals surface area contributed by atoms with Crippen molar-refractivity contribution in [2.45, 2.75) is 34.1 Å². The first kappa shape index (κ1) is 18.6. The van der Waals surface area contributed by atoms with Gasteiger partial charge >= 0.3 is 5.97 Å². The minimum atomic E-state index is -0.189. The largest absolute Gasteiger partial charge is 0.497 e. The second-order valence-corrected chi connectivity index (χ2v) is 6.15. The van der Waals surface area contributed by atoms with Gasteiger partial charge in [-0.2, -0.15) is 0 Å². The third-order valence-electron chi connectivity index (χ3n) is 4.12. The molecule has 0 saturated heterocycles. The fourth-order valence-electron chi connectivity index (χ4n) is 2.37. The normalized spacial score (nSPS) is 11.2. The van der Waals surface area contributed by atoms with E-state index in [1.807, 2.05) is 64.1 Å². The van der Waals surface area contributed by atoms with Gasteiger partial charge in [0.1, 0.15) is 11.5 Å². The molecule has 0 aliphatic heterocycles. The average Bonchev–Trinajstić information content (AvgIpc) is 2.62. The van der Waals surface area contributed by atoms with Gasteiger partial charge in [-0.05, 0) is 67.8 Å². The molecule has 1 unspecified atom stereocenters. The third-order valence-corrected chi connectivity index (χ3v) is 4.12. The number of methoxy groups -OCH3 is 1. The standard InChI is InChI=1S/C22H24O3/c1-6-15(2)22(23)25-21-16(3)13-19(14-17(21)4)8-7-18-9-11-20(24-5)12-10-18/h9-15H,6H2,1-5H3. The number of esters is 1. The molecule has 0 aliphatic rings. The lowest BCUT2D eigenvalue weighted by molar-refractivity contribution is -0.138. The van der Waals surface area contributed by atoms with Gasteiger partial charge in [0.05, 0.1) is 13.0 Å². The number of ether oxygens (including phenoxy) is 2. The van der Waals surface area contributed by atoms with Crippen molar-refractivity contribution in [2.75, 3.05) is 7.11 Å². The van der Waals surface area contributed by atoms with E-state index in [1.54, 1.807) is 7.11 Å². The molecule has 0 heterocycles. The molecule has 2 aromatic carbocycles. The summed E-state index contributed by atoms with van der Waals surface area (Å²) in [6.45, 7) is 7.72. The summed E-state index contributed by atoms with van der Waals surface area (Å²) >= 11 is 0. The van der Waals surface area contributed by atoms with Crippen LogP contribution in [0.25, 0.3) is 0 Å². The highest BCUT2D eigenvalue weighted by molar-refractivity contribution is 5.75. The van der Waals surface area contributed by atoms with Gasteiger partial charge in [-0.3, -0.25) is 4.79 Å². The van der Waals surface area contributed by atoms with Gasteiger partial charge in [0.25, 0.3) is 0 Å². The van der Waals surface area contributed by atoms with Gasteiger partial charge in [-0.1, -0.05) is 25.7 Å². The molecular formula is C22H24O3. The van der Waals surface area contributed by atoms with E-state index in [0.29, 0.717) is 5.75 Å². The highest BCUT2D eigenvalue weighted by Gasteiger charge is 2.16. The Morgan fingerprint density at radius 2 is 1.60 bits per heavy atom. The summed E-state index contributed by atoms with van der Waals surface area (Å²) in [5.41, 5.74) is 3.64. The summed E-state index contributed by atoms with van der Waals surface area (Å²) < 4.78 is 10.7. The van der Waals surface area contributed by atoms with Crippen molar-refractivity contribution in [2.24, 2.45) is 5.92 Å². The Bertz CT molecular complexity index is 784. The van der Waals surface area contributed by atoms with E-state index in [-0.39, 0.29) is 11.9 Å². The SMILES string of the molecule is CCC(C)C(=O)Oc1c(C)cc(C#Cc2ccc(OC)cc2)cc1C. The third kappa shape index (κ3) is 4.87. The molecule has 130 valence electrons. The molecule has 0 saturated carbocycles. The average molecular weight is 336 g/mol. The Morgan fingerprint density at radius 1 is 1.04 bits per heavy atom. The van der Waals surface area contributed by atoms with Crippen LogP contribution in [-0.4, -0.2) is 13.1 Å². The molecule has 0 radical (unpaired) electrons. The summed E-state index contributed by atoms with van der Waals surface area (Å²) in [6, 6.07) is 11.5. The molecule has 0 aliphatic carbocycles. The van der Waals surface area contributed by atoms with E-state index in [0.717, 1.165) is 34.4 Å². The van der Waals surface area contributed by atoms with Crippen LogP contribution in [0.5, 0.6) is 11.5 Å². The first-order valence-corrected chi connectivity index (χ1v) is 8.43. The highest BCUT2D eigenvalue weighted by Crippen LogP contribution is 2.26. The Labute approximate surface area is 150 Å². The van der Waals surface area contributed by atoms with Gasteiger partial charge < -0.3 is 9.47 Å². The molecule has 0 N–H and O–H groups in total. The Kier molecular flexibility index (Phi) is 6.25. The van der Waals surface area contributed by atoms with Crippen LogP contribution < -0.4 is 9.47 Å². The monoisotopic (exact) mass is 336 g/mol. The predicted octanol–water partition coefficient (Wildman–Crippen LogP) is 4.66. The minimum absolute atomic E-state index is 0.103. The zero-order valence-corrected chi connectivity index (χ0v) is 15.5. The first-order chi connectivity index (χ1) is 11.9. The quantitative estimate of drug-likeness (QED) is 0.463. The maximum atomic E-state index is 12.0. The number of carbonyl (C=O) groups excluding carboxylic acids is 1. The molecule has 25 heavy (non-hydrogen) atoms. The predicted molar refractivity (Wildman–Crippen MR) is 100.0 cm³/mol. The molecule has 3 nitrogen and oxygen atoms in total. The van der Waals surface area contributed by atoms with Gasteiger partial charge in [0.2, 0.25) is 0 Å². The fraction of sp³-hybridized carbons (Fsp3) is 0.318. The van der Waals surface area contributed by atoms with Crippen molar-refractivity contribution >= 4 is 5.97 Å². The number of rotatable bonds is 4. The lowest BCUT2D eigenvalue weighted by Gasteiger charge is -2.13. The highest BCUT2D eigenvalue weighted by atomic mass is 16.5. The van der Waals surface area contributed by atoms with Crippen molar-refractivity contribution in [1.82, 2.24) is 0 Å². The maximum Gasteiger partial charge on any atom is 0.314 e. The smallest absolute Gasteiger partial charge is 0.314 e. The lowest BCUT2D eigenvalue weighted by Crippen LogP contribution is -2.18. The van der Waals surface area contributed by atoms with Crippen molar-refractivity contribution < 1.29 is 14.3 Å². The van der Waals surface area contributed by atoms with Crippen molar-refractivity contribution in [3.8, 4) is 23.3 Å². The van der Waals surface area contributed by atoms with Gasteiger partial charge in [0.15, 0.2) is 0 Å². The molecule has 0 fully saturated rings. The first-order valence-electron chi connectivity index (χ1n) is 8.43. The summed E-state index contributed by atoms with van der Waals surface area (Å²) in [5, 5.41) is 0. The van der Waals surface area contributed by atoms with Crippen molar-refractivity contribution in [3.63, 3.8) is 0 Å². The van der Waals surface area contributed by atoms with Crippen LogP contribution in [0, 0.1) is 31.6 Å². The van der Waals surface area contributed by atoms with E-state index in [9.17, 15) is 4.79 Å². The second-order valence-electron chi connectivity index (χ2n) is 6.15. The lowest BCUT2D eigenvalue weighted by atomic mass is 10.0. The van der Waals surface area contributed by atoms with Crippen molar-refractivity contribution in [1.29, 1.82) is 0 Å².